The van der Waals surface area contributed by atoms with Crippen molar-refractivity contribution < 1.29 is 9.84 Å². The van der Waals surface area contributed by atoms with Gasteiger partial charge in [0.25, 0.3) is 0 Å². The van der Waals surface area contributed by atoms with Crippen molar-refractivity contribution in [1.29, 1.82) is 0 Å². The van der Waals surface area contributed by atoms with Crippen LogP contribution in [0.3, 0.4) is 0 Å². The van der Waals surface area contributed by atoms with Gasteiger partial charge in [-0.1, -0.05) is 0 Å². The van der Waals surface area contributed by atoms with Gasteiger partial charge in [-0.25, -0.2) is 0 Å². The van der Waals surface area contributed by atoms with Crippen LogP contribution in [-0.4, -0.2) is 36.8 Å². The minimum atomic E-state index is 0.252. The van der Waals surface area contributed by atoms with Gasteiger partial charge in [0, 0.05) is 5.56 Å². The molecular formula is C18H29NO2. The third-order valence-corrected chi connectivity index (χ3v) is 4.95. The maximum Gasteiger partial charge on any atom is 0.126 e. The molecule has 0 amide bonds. The lowest BCUT2D eigenvalue weighted by molar-refractivity contribution is 0.119. The summed E-state index contributed by atoms with van der Waals surface area (Å²) < 4.78 is 6.22. The van der Waals surface area contributed by atoms with E-state index in [4.69, 9.17) is 4.74 Å². The van der Waals surface area contributed by atoms with E-state index >= 15 is 0 Å². The molecule has 1 N–H and O–H groups in total. The van der Waals surface area contributed by atoms with Crippen molar-refractivity contribution in [3.63, 3.8) is 0 Å². The van der Waals surface area contributed by atoms with Gasteiger partial charge in [0.15, 0.2) is 0 Å². The average Bonchev–Trinajstić information content (AvgIpc) is 2.43. The Kier molecular flexibility index (Phi) is 4.82. The summed E-state index contributed by atoms with van der Waals surface area (Å²) >= 11 is 0. The fraction of sp³-hybridized carbons (Fsp3) is 0.667. The second kappa shape index (κ2) is 6.27. The summed E-state index contributed by atoms with van der Waals surface area (Å²) in [6, 6.07) is 0. The highest BCUT2D eigenvalue weighted by atomic mass is 16.5. The fourth-order valence-electron chi connectivity index (χ4n) is 3.29. The Morgan fingerprint density at radius 1 is 1.14 bits per heavy atom. The average molecular weight is 291 g/mol. The van der Waals surface area contributed by atoms with Gasteiger partial charge in [-0.15, -0.1) is 0 Å². The molecule has 21 heavy (non-hydrogen) atoms. The highest BCUT2D eigenvalue weighted by molar-refractivity contribution is 5.58. The van der Waals surface area contributed by atoms with Crippen LogP contribution < -0.4 is 4.74 Å². The molecule has 3 heteroatoms. The number of benzene rings is 1. The standard InChI is InChI=1S/C18H29NO2/c1-11-12(2)18-16(13(3)17(11)20)10-15(14(4)21-18)8-7-9-19(5)6/h14-15,20H,7-10H2,1-6H3. The lowest BCUT2D eigenvalue weighted by Gasteiger charge is -2.34. The van der Waals surface area contributed by atoms with Crippen molar-refractivity contribution in [1.82, 2.24) is 4.90 Å². The maximum absolute atomic E-state index is 10.3. The van der Waals surface area contributed by atoms with E-state index < -0.39 is 0 Å². The third kappa shape index (κ3) is 3.18. The van der Waals surface area contributed by atoms with Crippen LogP contribution in [0.4, 0.5) is 0 Å². The summed E-state index contributed by atoms with van der Waals surface area (Å²) in [5.74, 6) is 1.99. The molecule has 118 valence electrons. The van der Waals surface area contributed by atoms with Crippen molar-refractivity contribution in [2.75, 3.05) is 20.6 Å². The summed E-state index contributed by atoms with van der Waals surface area (Å²) in [7, 11) is 4.23. The number of ether oxygens (including phenoxy) is 1. The lowest BCUT2D eigenvalue weighted by atomic mass is 9.84. The van der Waals surface area contributed by atoms with Crippen molar-refractivity contribution in [3.8, 4) is 11.5 Å². The van der Waals surface area contributed by atoms with Gasteiger partial charge in [0.05, 0.1) is 6.10 Å². The fourth-order valence-corrected chi connectivity index (χ4v) is 3.29. The Labute approximate surface area is 128 Å². The minimum Gasteiger partial charge on any atom is -0.507 e. The molecule has 1 aromatic rings. The Bertz CT molecular complexity index is 523. The van der Waals surface area contributed by atoms with Crippen molar-refractivity contribution >= 4 is 0 Å². The van der Waals surface area contributed by atoms with Gasteiger partial charge in [-0.05, 0) is 90.2 Å². The van der Waals surface area contributed by atoms with Gasteiger partial charge in [0.2, 0.25) is 0 Å². The van der Waals surface area contributed by atoms with Crippen molar-refractivity contribution in [2.45, 2.75) is 53.1 Å². The van der Waals surface area contributed by atoms with Crippen LogP contribution in [0.1, 0.15) is 42.0 Å². The van der Waals surface area contributed by atoms with Crippen LogP contribution in [0, 0.1) is 26.7 Å². The molecule has 2 unspecified atom stereocenters. The molecule has 0 aromatic heterocycles. The number of phenolic OH excluding ortho intramolecular Hbond substituents is 1. The van der Waals surface area contributed by atoms with Crippen LogP contribution in [0.25, 0.3) is 0 Å². The van der Waals surface area contributed by atoms with E-state index in [1.807, 2.05) is 20.8 Å². The van der Waals surface area contributed by atoms with Crippen LogP contribution in [0.15, 0.2) is 0 Å². The summed E-state index contributed by atoms with van der Waals surface area (Å²) in [5, 5.41) is 10.3. The maximum atomic E-state index is 10.3. The quantitative estimate of drug-likeness (QED) is 0.920. The van der Waals surface area contributed by atoms with Crippen LogP contribution >= 0.6 is 0 Å². The lowest BCUT2D eigenvalue weighted by Crippen LogP contribution is -2.32. The molecule has 0 spiro atoms. The zero-order valence-electron chi connectivity index (χ0n) is 14.3. The molecule has 1 aromatic carbocycles. The van der Waals surface area contributed by atoms with E-state index in [0.29, 0.717) is 11.7 Å². The van der Waals surface area contributed by atoms with Gasteiger partial charge < -0.3 is 14.7 Å². The normalized spacial score (nSPS) is 21.3. The van der Waals surface area contributed by atoms with E-state index in [1.54, 1.807) is 0 Å². The van der Waals surface area contributed by atoms with Gasteiger partial charge in [-0.3, -0.25) is 0 Å². The first-order chi connectivity index (χ1) is 9.82. The third-order valence-electron chi connectivity index (χ3n) is 4.95. The number of aromatic hydroxyl groups is 1. The van der Waals surface area contributed by atoms with Crippen LogP contribution in [0.2, 0.25) is 0 Å². The number of hydrogen-bond donors (Lipinski definition) is 1. The molecule has 0 aliphatic carbocycles. The molecule has 0 fully saturated rings. The monoisotopic (exact) mass is 291 g/mol. The second-order valence-electron chi connectivity index (χ2n) is 6.76. The number of rotatable bonds is 4. The Balaban J connectivity index is 2.22. The number of hydrogen-bond acceptors (Lipinski definition) is 3. The van der Waals surface area contributed by atoms with Crippen molar-refractivity contribution in [2.24, 2.45) is 5.92 Å². The Morgan fingerprint density at radius 3 is 2.43 bits per heavy atom. The first-order valence-electron chi connectivity index (χ1n) is 7.95. The molecular weight excluding hydrogens is 262 g/mol. The highest BCUT2D eigenvalue weighted by Crippen LogP contribution is 2.42. The summed E-state index contributed by atoms with van der Waals surface area (Å²) in [5.41, 5.74) is 4.25. The zero-order chi connectivity index (χ0) is 15.7. The predicted octanol–water partition coefficient (Wildman–Crippen LogP) is 3.60. The Hall–Kier alpha value is -1.22. The second-order valence-corrected chi connectivity index (χ2v) is 6.76. The number of phenols is 1. The summed E-state index contributed by atoms with van der Waals surface area (Å²) in [6.07, 6.45) is 3.63. The zero-order valence-corrected chi connectivity index (χ0v) is 14.3. The molecule has 3 nitrogen and oxygen atoms in total. The van der Waals surface area contributed by atoms with E-state index in [0.717, 1.165) is 35.4 Å². The molecule has 0 bridgehead atoms. The molecule has 2 atom stereocenters. The smallest absolute Gasteiger partial charge is 0.126 e. The van der Waals surface area contributed by atoms with E-state index in [-0.39, 0.29) is 6.10 Å². The Morgan fingerprint density at radius 2 is 1.81 bits per heavy atom. The SMILES string of the molecule is Cc1c(C)c2c(c(C)c1O)CC(CCCN(C)C)C(C)O2. The molecule has 2 rings (SSSR count). The summed E-state index contributed by atoms with van der Waals surface area (Å²) in [6.45, 7) is 9.33. The topological polar surface area (TPSA) is 32.7 Å². The molecule has 0 saturated carbocycles. The number of nitrogens with zero attached hydrogens (tertiary/aromatic N) is 1. The van der Waals surface area contributed by atoms with Gasteiger partial charge in [0.1, 0.15) is 11.5 Å². The summed E-state index contributed by atoms with van der Waals surface area (Å²) in [4.78, 5) is 2.23. The first kappa shape index (κ1) is 16.2. The van der Waals surface area contributed by atoms with E-state index in [9.17, 15) is 5.11 Å². The van der Waals surface area contributed by atoms with E-state index in [2.05, 4.69) is 25.9 Å². The van der Waals surface area contributed by atoms with Crippen LogP contribution in [0.5, 0.6) is 11.5 Å². The first-order valence-corrected chi connectivity index (χ1v) is 7.95. The predicted molar refractivity (Wildman–Crippen MR) is 87.4 cm³/mol. The molecule has 1 heterocycles. The minimum absolute atomic E-state index is 0.252. The van der Waals surface area contributed by atoms with E-state index in [1.165, 1.54) is 18.4 Å². The van der Waals surface area contributed by atoms with Crippen molar-refractivity contribution in [3.05, 3.63) is 22.3 Å². The largest absolute Gasteiger partial charge is 0.507 e. The highest BCUT2D eigenvalue weighted by Gasteiger charge is 2.30. The molecule has 0 radical (unpaired) electrons. The molecule has 1 aliphatic heterocycles. The molecule has 1 aliphatic rings. The van der Waals surface area contributed by atoms with Gasteiger partial charge in [-0.2, -0.15) is 0 Å². The molecule has 0 saturated heterocycles. The number of fused-ring (bicyclic) bond motifs is 1. The van der Waals surface area contributed by atoms with Crippen LogP contribution in [-0.2, 0) is 6.42 Å². The van der Waals surface area contributed by atoms with Gasteiger partial charge >= 0.3 is 0 Å².